The van der Waals surface area contributed by atoms with Crippen LogP contribution in [0, 0.1) is 0 Å². The van der Waals surface area contributed by atoms with E-state index >= 15 is 0 Å². The number of hydrogen-bond donors (Lipinski definition) is 0. The number of benzene rings is 1. The molecule has 0 unspecified atom stereocenters. The molecule has 1 aromatic rings. The molecule has 2 aliphatic heterocycles. The van der Waals surface area contributed by atoms with E-state index in [2.05, 4.69) is 0 Å². The fourth-order valence-corrected chi connectivity index (χ4v) is 2.19. The largest absolute Gasteiger partial charge is 0.454 e. The van der Waals surface area contributed by atoms with Crippen LogP contribution in [0.15, 0.2) is 18.2 Å². The molecule has 0 saturated carbocycles. The fraction of sp³-hybridized carbons (Fsp3) is 0.538. The van der Waals surface area contributed by atoms with E-state index in [1.54, 1.807) is 0 Å². The van der Waals surface area contributed by atoms with Crippen LogP contribution < -0.4 is 9.47 Å². The van der Waals surface area contributed by atoms with Crippen LogP contribution >= 0.6 is 0 Å². The standard InChI is InChI=1S/C13H16O4/c1-13(2)16-7-10(17-13)5-9-3-4-11-12(6-9)15-8-14-11/h3-4,6,10H,5,7-8H2,1-2H3/t10-/m1/s1. The van der Waals surface area contributed by atoms with Gasteiger partial charge in [-0.3, -0.25) is 0 Å². The summed E-state index contributed by atoms with van der Waals surface area (Å²) < 4.78 is 21.9. The molecule has 2 heterocycles. The van der Waals surface area contributed by atoms with Crippen LogP contribution in [0.5, 0.6) is 11.5 Å². The maximum atomic E-state index is 5.78. The molecule has 0 amide bonds. The number of ether oxygens (including phenoxy) is 4. The van der Waals surface area contributed by atoms with Crippen molar-refractivity contribution in [2.24, 2.45) is 0 Å². The van der Waals surface area contributed by atoms with Gasteiger partial charge in [-0.2, -0.15) is 0 Å². The van der Waals surface area contributed by atoms with Gasteiger partial charge in [-0.05, 0) is 31.5 Å². The van der Waals surface area contributed by atoms with Gasteiger partial charge in [0, 0.05) is 6.42 Å². The molecule has 0 bridgehead atoms. The molecule has 0 aromatic heterocycles. The van der Waals surface area contributed by atoms with Crippen molar-refractivity contribution in [3.63, 3.8) is 0 Å². The normalized spacial score (nSPS) is 25.2. The van der Waals surface area contributed by atoms with Crippen molar-refractivity contribution < 1.29 is 18.9 Å². The second kappa shape index (κ2) is 3.89. The Kier molecular flexibility index (Phi) is 2.49. The van der Waals surface area contributed by atoms with Crippen LogP contribution in [0.4, 0.5) is 0 Å². The molecule has 0 spiro atoms. The van der Waals surface area contributed by atoms with E-state index in [1.807, 2.05) is 32.0 Å². The van der Waals surface area contributed by atoms with Gasteiger partial charge in [-0.15, -0.1) is 0 Å². The zero-order valence-corrected chi connectivity index (χ0v) is 10.1. The highest BCUT2D eigenvalue weighted by atomic mass is 16.7. The van der Waals surface area contributed by atoms with Crippen molar-refractivity contribution >= 4 is 0 Å². The zero-order chi connectivity index (χ0) is 11.9. The van der Waals surface area contributed by atoms with E-state index in [1.165, 1.54) is 5.56 Å². The maximum Gasteiger partial charge on any atom is 0.231 e. The van der Waals surface area contributed by atoms with Gasteiger partial charge in [0.15, 0.2) is 17.3 Å². The lowest BCUT2D eigenvalue weighted by atomic mass is 10.1. The summed E-state index contributed by atoms with van der Waals surface area (Å²) in [7, 11) is 0. The van der Waals surface area contributed by atoms with Crippen LogP contribution in [-0.4, -0.2) is 25.3 Å². The first-order valence-corrected chi connectivity index (χ1v) is 5.83. The number of fused-ring (bicyclic) bond motifs is 1. The topological polar surface area (TPSA) is 36.9 Å². The third kappa shape index (κ3) is 2.23. The molecule has 0 radical (unpaired) electrons. The highest BCUT2D eigenvalue weighted by molar-refractivity contribution is 5.44. The van der Waals surface area contributed by atoms with Crippen molar-refractivity contribution in [2.75, 3.05) is 13.4 Å². The number of rotatable bonds is 2. The maximum absolute atomic E-state index is 5.78. The highest BCUT2D eigenvalue weighted by Crippen LogP contribution is 2.33. The monoisotopic (exact) mass is 236 g/mol. The third-order valence-corrected chi connectivity index (χ3v) is 2.97. The van der Waals surface area contributed by atoms with Crippen LogP contribution in [0.1, 0.15) is 19.4 Å². The first-order valence-electron chi connectivity index (χ1n) is 5.83. The smallest absolute Gasteiger partial charge is 0.231 e. The SMILES string of the molecule is CC1(C)OC[C@@H](Cc2ccc3c(c2)OCO3)O1. The van der Waals surface area contributed by atoms with Crippen molar-refractivity contribution in [1.82, 2.24) is 0 Å². The van der Waals surface area contributed by atoms with E-state index in [4.69, 9.17) is 18.9 Å². The van der Waals surface area contributed by atoms with Gasteiger partial charge in [-0.1, -0.05) is 6.07 Å². The average molecular weight is 236 g/mol. The van der Waals surface area contributed by atoms with Crippen LogP contribution in [0.25, 0.3) is 0 Å². The predicted molar refractivity (Wildman–Crippen MR) is 61.2 cm³/mol. The van der Waals surface area contributed by atoms with Gasteiger partial charge in [0.1, 0.15) is 0 Å². The van der Waals surface area contributed by atoms with Gasteiger partial charge >= 0.3 is 0 Å². The summed E-state index contributed by atoms with van der Waals surface area (Å²) in [6.07, 6.45) is 0.949. The quantitative estimate of drug-likeness (QED) is 0.788. The molecule has 1 saturated heterocycles. The molecule has 92 valence electrons. The Bertz CT molecular complexity index is 427. The van der Waals surface area contributed by atoms with Gasteiger partial charge in [-0.25, -0.2) is 0 Å². The van der Waals surface area contributed by atoms with Crippen molar-refractivity contribution in [3.05, 3.63) is 23.8 Å². The first-order chi connectivity index (χ1) is 8.12. The third-order valence-electron chi connectivity index (χ3n) is 2.97. The lowest BCUT2D eigenvalue weighted by molar-refractivity contribution is -0.138. The van der Waals surface area contributed by atoms with Crippen LogP contribution in [0.3, 0.4) is 0 Å². The lowest BCUT2D eigenvalue weighted by Crippen LogP contribution is -2.22. The second-order valence-electron chi connectivity index (χ2n) is 4.84. The molecule has 1 fully saturated rings. The van der Waals surface area contributed by atoms with Gasteiger partial charge < -0.3 is 18.9 Å². The number of hydrogen-bond acceptors (Lipinski definition) is 4. The van der Waals surface area contributed by atoms with Crippen molar-refractivity contribution in [3.8, 4) is 11.5 Å². The minimum absolute atomic E-state index is 0.116. The van der Waals surface area contributed by atoms with E-state index in [0.717, 1.165) is 17.9 Å². The summed E-state index contributed by atoms with van der Waals surface area (Å²) in [5, 5.41) is 0. The lowest BCUT2D eigenvalue weighted by Gasteiger charge is -2.17. The Labute approximate surface area is 100 Å². The Balaban J connectivity index is 1.70. The summed E-state index contributed by atoms with van der Waals surface area (Å²) in [5.74, 6) is 1.18. The van der Waals surface area contributed by atoms with Crippen molar-refractivity contribution in [2.45, 2.75) is 32.2 Å². The Hall–Kier alpha value is -1.26. The van der Waals surface area contributed by atoms with E-state index in [-0.39, 0.29) is 6.10 Å². The molecule has 17 heavy (non-hydrogen) atoms. The van der Waals surface area contributed by atoms with Crippen LogP contribution in [0.2, 0.25) is 0 Å². The van der Waals surface area contributed by atoms with E-state index < -0.39 is 5.79 Å². The molecular weight excluding hydrogens is 220 g/mol. The molecule has 1 atom stereocenters. The molecule has 0 aliphatic carbocycles. The van der Waals surface area contributed by atoms with Gasteiger partial charge in [0.2, 0.25) is 6.79 Å². The average Bonchev–Trinajstić information content (AvgIpc) is 2.84. The van der Waals surface area contributed by atoms with Gasteiger partial charge in [0.05, 0.1) is 12.7 Å². The highest BCUT2D eigenvalue weighted by Gasteiger charge is 2.32. The summed E-state index contributed by atoms with van der Waals surface area (Å²) >= 11 is 0. The summed E-state index contributed by atoms with van der Waals surface area (Å²) in [6, 6.07) is 6.00. The Morgan fingerprint density at radius 1 is 1.24 bits per heavy atom. The molecule has 0 N–H and O–H groups in total. The van der Waals surface area contributed by atoms with E-state index in [9.17, 15) is 0 Å². The summed E-state index contributed by atoms with van der Waals surface area (Å²) in [5.41, 5.74) is 1.18. The van der Waals surface area contributed by atoms with Gasteiger partial charge in [0.25, 0.3) is 0 Å². The Morgan fingerprint density at radius 3 is 2.82 bits per heavy atom. The summed E-state index contributed by atoms with van der Waals surface area (Å²) in [4.78, 5) is 0. The van der Waals surface area contributed by atoms with Crippen LogP contribution in [-0.2, 0) is 15.9 Å². The molecule has 3 rings (SSSR count). The molecule has 4 heteroatoms. The second-order valence-corrected chi connectivity index (χ2v) is 4.84. The molecule has 2 aliphatic rings. The molecule has 1 aromatic carbocycles. The fourth-order valence-electron chi connectivity index (χ4n) is 2.19. The first kappa shape index (κ1) is 10.9. The minimum Gasteiger partial charge on any atom is -0.454 e. The Morgan fingerprint density at radius 2 is 2.06 bits per heavy atom. The molecule has 4 nitrogen and oxygen atoms in total. The predicted octanol–water partition coefficient (Wildman–Crippen LogP) is 2.11. The zero-order valence-electron chi connectivity index (χ0n) is 10.1. The van der Waals surface area contributed by atoms with Crippen molar-refractivity contribution in [1.29, 1.82) is 0 Å². The summed E-state index contributed by atoms with van der Waals surface area (Å²) in [6.45, 7) is 4.83. The molecular formula is C13H16O4. The minimum atomic E-state index is -0.457. The van der Waals surface area contributed by atoms with E-state index in [0.29, 0.717) is 13.4 Å².